The second-order valence-electron chi connectivity index (χ2n) is 1.61. The predicted octanol–water partition coefficient (Wildman–Crippen LogP) is 1.12. The van der Waals surface area contributed by atoms with Crippen LogP contribution in [0.2, 0.25) is 0 Å². The van der Waals surface area contributed by atoms with E-state index in [1.54, 1.807) is 0 Å². The Balaban J connectivity index is 2.61. The molecule has 0 aliphatic carbocycles. The maximum Gasteiger partial charge on any atom is 0.430 e. The molecule has 0 saturated carbocycles. The molecule has 1 aliphatic heterocycles. The van der Waals surface area contributed by atoms with Crippen LogP contribution in [-0.4, -0.2) is 12.7 Å². The van der Waals surface area contributed by atoms with Gasteiger partial charge >= 0.3 is 6.18 Å². The summed E-state index contributed by atoms with van der Waals surface area (Å²) in [5, 5.41) is 2.12. The molecule has 9 heavy (non-hydrogen) atoms. The first kappa shape index (κ1) is 6.45. The standard InChI is InChI=1S/C5H4F3N/c6-5(7,8)4-2-1-3-9-4/h2,9H,3H2. The fourth-order valence-corrected chi connectivity index (χ4v) is 0.532. The Bertz CT molecular complexity index is 136. The van der Waals surface area contributed by atoms with Gasteiger partial charge in [-0.15, -0.1) is 0 Å². The molecule has 0 saturated heterocycles. The van der Waals surface area contributed by atoms with Gasteiger partial charge in [0.15, 0.2) is 0 Å². The third-order valence-electron chi connectivity index (χ3n) is 0.933. The van der Waals surface area contributed by atoms with Crippen LogP contribution in [0.4, 0.5) is 13.2 Å². The van der Waals surface area contributed by atoms with Gasteiger partial charge in [0, 0.05) is 13.0 Å². The molecule has 0 aromatic carbocycles. The summed E-state index contributed by atoms with van der Waals surface area (Å²) in [6.07, 6.45) is -0.930. The van der Waals surface area contributed by atoms with Crippen LogP contribution in [0.1, 0.15) is 0 Å². The Hall–Kier alpha value is -0.670. The van der Waals surface area contributed by atoms with E-state index in [1.807, 2.05) is 0 Å². The average molecular weight is 135 g/mol. The highest BCUT2D eigenvalue weighted by Gasteiger charge is 2.34. The SMILES string of the molecule is FC(F)(F)C1=C[C]CN1. The molecule has 0 fully saturated rings. The van der Waals surface area contributed by atoms with Crippen LogP contribution < -0.4 is 5.32 Å². The second kappa shape index (κ2) is 1.93. The van der Waals surface area contributed by atoms with Crippen molar-refractivity contribution in [1.29, 1.82) is 0 Å². The van der Waals surface area contributed by atoms with Crippen LogP contribution in [0.25, 0.3) is 0 Å². The van der Waals surface area contributed by atoms with Gasteiger partial charge in [0.1, 0.15) is 5.70 Å². The highest BCUT2D eigenvalue weighted by molar-refractivity contribution is 5.18. The molecule has 0 aromatic rings. The summed E-state index contributed by atoms with van der Waals surface area (Å²) in [5.41, 5.74) is -0.706. The molecule has 0 aromatic heterocycles. The van der Waals surface area contributed by atoms with Crippen molar-refractivity contribution in [2.24, 2.45) is 0 Å². The third-order valence-corrected chi connectivity index (χ3v) is 0.933. The van der Waals surface area contributed by atoms with Crippen molar-refractivity contribution in [3.05, 3.63) is 18.2 Å². The zero-order chi connectivity index (χ0) is 6.91. The van der Waals surface area contributed by atoms with E-state index in [0.717, 1.165) is 6.08 Å². The minimum Gasteiger partial charge on any atom is -0.380 e. The monoisotopic (exact) mass is 135 g/mol. The molecular weight excluding hydrogens is 131 g/mol. The topological polar surface area (TPSA) is 12.0 Å². The minimum absolute atomic E-state index is 0.162. The van der Waals surface area contributed by atoms with Gasteiger partial charge in [0.05, 0.1) is 0 Å². The minimum atomic E-state index is -4.23. The number of allylic oxidation sites excluding steroid dienone is 1. The van der Waals surface area contributed by atoms with Crippen LogP contribution >= 0.6 is 0 Å². The van der Waals surface area contributed by atoms with Crippen molar-refractivity contribution in [2.75, 3.05) is 6.54 Å². The molecule has 1 rings (SSSR count). The lowest BCUT2D eigenvalue weighted by atomic mass is 10.4. The van der Waals surface area contributed by atoms with Crippen molar-refractivity contribution < 1.29 is 13.2 Å². The quantitative estimate of drug-likeness (QED) is 0.524. The van der Waals surface area contributed by atoms with Crippen LogP contribution in [0.5, 0.6) is 0 Å². The Morgan fingerprint density at radius 3 is 2.44 bits per heavy atom. The Labute approximate surface area is 50.6 Å². The van der Waals surface area contributed by atoms with Crippen molar-refractivity contribution in [3.63, 3.8) is 0 Å². The second-order valence-corrected chi connectivity index (χ2v) is 1.61. The first-order valence-electron chi connectivity index (χ1n) is 2.35. The van der Waals surface area contributed by atoms with Crippen molar-refractivity contribution in [3.8, 4) is 0 Å². The normalized spacial score (nSPS) is 19.2. The van der Waals surface area contributed by atoms with Crippen LogP contribution in [0.3, 0.4) is 0 Å². The lowest BCUT2D eigenvalue weighted by Gasteiger charge is -2.06. The van der Waals surface area contributed by atoms with E-state index in [0.29, 0.717) is 0 Å². The molecule has 4 heteroatoms. The van der Waals surface area contributed by atoms with Gasteiger partial charge in [0.2, 0.25) is 0 Å². The summed E-state index contributed by atoms with van der Waals surface area (Å²) in [6, 6.07) is 0. The molecule has 2 radical (unpaired) electrons. The average Bonchev–Trinajstić information content (AvgIpc) is 2.08. The van der Waals surface area contributed by atoms with E-state index in [9.17, 15) is 13.2 Å². The van der Waals surface area contributed by atoms with Gasteiger partial charge in [-0.3, -0.25) is 0 Å². The fraction of sp³-hybridized carbons (Fsp3) is 0.400. The van der Waals surface area contributed by atoms with Crippen molar-refractivity contribution in [1.82, 2.24) is 5.32 Å². The smallest absolute Gasteiger partial charge is 0.380 e. The molecule has 50 valence electrons. The molecular formula is C5H4F3N. The molecule has 1 aliphatic rings. The number of hydrogen-bond acceptors (Lipinski definition) is 1. The molecule has 0 amide bonds. The van der Waals surface area contributed by atoms with Gasteiger partial charge in [-0.2, -0.15) is 13.2 Å². The van der Waals surface area contributed by atoms with E-state index in [4.69, 9.17) is 0 Å². The Kier molecular flexibility index (Phi) is 1.38. The summed E-state index contributed by atoms with van der Waals surface area (Å²) in [5.74, 6) is 0. The molecule has 1 N–H and O–H groups in total. The first-order valence-corrected chi connectivity index (χ1v) is 2.35. The van der Waals surface area contributed by atoms with E-state index in [1.165, 1.54) is 0 Å². The third kappa shape index (κ3) is 1.37. The highest BCUT2D eigenvalue weighted by Crippen LogP contribution is 2.25. The van der Waals surface area contributed by atoms with Gasteiger partial charge < -0.3 is 5.32 Å². The maximum atomic E-state index is 11.6. The lowest BCUT2D eigenvalue weighted by Crippen LogP contribution is -2.22. The lowest BCUT2D eigenvalue weighted by molar-refractivity contribution is -0.0955. The zero-order valence-electron chi connectivity index (χ0n) is 4.42. The number of rotatable bonds is 0. The van der Waals surface area contributed by atoms with E-state index >= 15 is 0 Å². The van der Waals surface area contributed by atoms with Gasteiger partial charge in [0.25, 0.3) is 0 Å². The summed E-state index contributed by atoms with van der Waals surface area (Å²) in [7, 11) is 0. The molecule has 0 unspecified atom stereocenters. The molecule has 1 heterocycles. The van der Waals surface area contributed by atoms with E-state index < -0.39 is 11.9 Å². The molecule has 0 bridgehead atoms. The van der Waals surface area contributed by atoms with Gasteiger partial charge in [-0.1, -0.05) is 0 Å². The van der Waals surface area contributed by atoms with Crippen molar-refractivity contribution in [2.45, 2.75) is 6.18 Å². The Morgan fingerprint density at radius 1 is 1.56 bits per heavy atom. The highest BCUT2D eigenvalue weighted by atomic mass is 19.4. The van der Waals surface area contributed by atoms with E-state index in [-0.39, 0.29) is 6.54 Å². The fourth-order valence-electron chi connectivity index (χ4n) is 0.532. The summed E-state index contributed by atoms with van der Waals surface area (Å²) >= 11 is 0. The molecule has 1 nitrogen and oxygen atoms in total. The largest absolute Gasteiger partial charge is 0.430 e. The predicted molar refractivity (Wildman–Crippen MR) is 25.4 cm³/mol. The number of alkyl halides is 3. The summed E-state index contributed by atoms with van der Waals surface area (Å²) in [4.78, 5) is 0. The number of hydrogen-bond donors (Lipinski definition) is 1. The van der Waals surface area contributed by atoms with Crippen molar-refractivity contribution >= 4 is 0 Å². The van der Waals surface area contributed by atoms with E-state index in [2.05, 4.69) is 11.7 Å². The number of halogens is 3. The van der Waals surface area contributed by atoms with Gasteiger partial charge in [-0.25, -0.2) is 0 Å². The zero-order valence-corrected chi connectivity index (χ0v) is 4.42. The summed E-state index contributed by atoms with van der Waals surface area (Å²) < 4.78 is 34.8. The first-order chi connectivity index (χ1) is 4.11. The van der Waals surface area contributed by atoms with Crippen LogP contribution in [0.15, 0.2) is 11.8 Å². The van der Waals surface area contributed by atoms with Crippen LogP contribution in [-0.2, 0) is 0 Å². The maximum absolute atomic E-state index is 11.6. The molecule has 0 spiro atoms. The number of nitrogens with one attached hydrogen (secondary N) is 1. The van der Waals surface area contributed by atoms with Gasteiger partial charge in [-0.05, 0) is 6.08 Å². The Morgan fingerprint density at radius 2 is 2.22 bits per heavy atom. The molecule has 0 atom stereocenters. The van der Waals surface area contributed by atoms with Crippen LogP contribution in [0, 0.1) is 6.42 Å². The summed E-state index contributed by atoms with van der Waals surface area (Å²) in [6.45, 7) is 0.162.